The lowest BCUT2D eigenvalue weighted by molar-refractivity contribution is 0.599. The molecule has 0 heterocycles. The van der Waals surface area contributed by atoms with Gasteiger partial charge in [0.25, 0.3) is 10.0 Å². The van der Waals surface area contributed by atoms with Crippen molar-refractivity contribution in [1.29, 1.82) is 0 Å². The molecule has 2 aromatic rings. The molecular formula is C14H15NO4S2. The monoisotopic (exact) mass is 325 g/mol. The number of sulfonamides is 1. The van der Waals surface area contributed by atoms with Crippen LogP contribution in [0.2, 0.25) is 0 Å². The summed E-state index contributed by atoms with van der Waals surface area (Å²) in [6.45, 7) is 1.90. The summed E-state index contributed by atoms with van der Waals surface area (Å²) in [4.78, 5) is -0.125. The Labute approximate surface area is 124 Å². The van der Waals surface area contributed by atoms with E-state index in [0.29, 0.717) is 5.69 Å². The van der Waals surface area contributed by atoms with Crippen molar-refractivity contribution in [2.75, 3.05) is 11.0 Å². The van der Waals surface area contributed by atoms with E-state index >= 15 is 0 Å². The Morgan fingerprint density at radius 3 is 2.00 bits per heavy atom. The number of hydrogen-bond donors (Lipinski definition) is 1. The Morgan fingerprint density at radius 1 is 0.857 bits per heavy atom. The normalized spacial score (nSPS) is 12.1. The molecule has 0 aliphatic carbocycles. The molecule has 112 valence electrons. The van der Waals surface area contributed by atoms with E-state index in [2.05, 4.69) is 4.72 Å². The zero-order chi connectivity index (χ0) is 15.7. The molecule has 0 amide bonds. The molecule has 0 aliphatic heterocycles. The van der Waals surface area contributed by atoms with Crippen molar-refractivity contribution in [2.45, 2.75) is 16.7 Å². The fraction of sp³-hybridized carbons (Fsp3) is 0.143. The van der Waals surface area contributed by atoms with Crippen molar-refractivity contribution in [3.63, 3.8) is 0 Å². The van der Waals surface area contributed by atoms with E-state index in [1.54, 1.807) is 24.3 Å². The number of aryl methyl sites for hydroxylation is 1. The van der Waals surface area contributed by atoms with Gasteiger partial charge in [-0.2, -0.15) is 0 Å². The van der Waals surface area contributed by atoms with Gasteiger partial charge in [0.15, 0.2) is 9.84 Å². The molecule has 0 fully saturated rings. The summed E-state index contributed by atoms with van der Waals surface area (Å²) in [5.41, 5.74) is 1.43. The lowest BCUT2D eigenvalue weighted by Gasteiger charge is -2.09. The quantitative estimate of drug-likeness (QED) is 0.934. The molecule has 0 radical (unpaired) electrons. The number of benzene rings is 2. The molecule has 0 aliphatic rings. The molecular weight excluding hydrogens is 310 g/mol. The van der Waals surface area contributed by atoms with Gasteiger partial charge in [-0.05, 0) is 37.3 Å². The number of sulfone groups is 1. The molecule has 21 heavy (non-hydrogen) atoms. The molecule has 2 aromatic carbocycles. The second-order valence-electron chi connectivity index (χ2n) is 4.72. The topological polar surface area (TPSA) is 80.3 Å². The first-order valence-electron chi connectivity index (χ1n) is 6.08. The Balaban J connectivity index is 2.38. The smallest absolute Gasteiger partial charge is 0.261 e. The number of hydrogen-bond acceptors (Lipinski definition) is 4. The summed E-state index contributed by atoms with van der Waals surface area (Å²) in [6.07, 6.45) is 1.03. The Bertz CT molecular complexity index is 854. The van der Waals surface area contributed by atoms with Crippen LogP contribution in [-0.2, 0) is 19.9 Å². The molecule has 0 saturated carbocycles. The molecule has 2 rings (SSSR count). The highest BCUT2D eigenvalue weighted by atomic mass is 32.2. The van der Waals surface area contributed by atoms with Gasteiger partial charge in [0.1, 0.15) is 0 Å². The minimum Gasteiger partial charge on any atom is -0.280 e. The molecule has 0 spiro atoms. The van der Waals surface area contributed by atoms with Gasteiger partial charge in [-0.3, -0.25) is 4.72 Å². The maximum atomic E-state index is 12.3. The molecule has 0 saturated heterocycles. The molecule has 7 heteroatoms. The molecule has 0 atom stereocenters. The van der Waals surface area contributed by atoms with Crippen molar-refractivity contribution in [3.8, 4) is 0 Å². The van der Waals surface area contributed by atoms with E-state index in [1.807, 2.05) is 6.92 Å². The second-order valence-corrected chi connectivity index (χ2v) is 8.42. The van der Waals surface area contributed by atoms with Crippen molar-refractivity contribution < 1.29 is 16.8 Å². The summed E-state index contributed by atoms with van der Waals surface area (Å²) in [6, 6.07) is 12.1. The van der Waals surface area contributed by atoms with Gasteiger partial charge in [0, 0.05) is 11.9 Å². The average Bonchev–Trinajstić information content (AvgIpc) is 2.40. The number of anilines is 1. The van der Waals surface area contributed by atoms with Crippen LogP contribution in [0.25, 0.3) is 0 Å². The van der Waals surface area contributed by atoms with Crippen LogP contribution < -0.4 is 4.72 Å². The maximum Gasteiger partial charge on any atom is 0.261 e. The van der Waals surface area contributed by atoms with Gasteiger partial charge in [-0.15, -0.1) is 0 Å². The average molecular weight is 325 g/mol. The molecule has 0 aromatic heterocycles. The van der Waals surface area contributed by atoms with E-state index in [4.69, 9.17) is 0 Å². The van der Waals surface area contributed by atoms with Crippen LogP contribution in [0, 0.1) is 6.92 Å². The zero-order valence-corrected chi connectivity index (χ0v) is 13.2. The van der Waals surface area contributed by atoms with Crippen LogP contribution in [0.15, 0.2) is 58.3 Å². The van der Waals surface area contributed by atoms with E-state index in [0.717, 1.165) is 17.9 Å². The standard InChI is InChI=1S/C14H15NO4S2/c1-11-6-8-12(9-7-11)15-21(18,19)14-5-3-4-13(10-14)20(2,16)17/h3-10,15H,1-2H3. The van der Waals surface area contributed by atoms with Gasteiger partial charge in [0.05, 0.1) is 9.79 Å². The van der Waals surface area contributed by atoms with Gasteiger partial charge in [-0.1, -0.05) is 23.8 Å². The van der Waals surface area contributed by atoms with Crippen LogP contribution >= 0.6 is 0 Å². The predicted molar refractivity (Wildman–Crippen MR) is 81.5 cm³/mol. The first kappa shape index (κ1) is 15.5. The van der Waals surface area contributed by atoms with Crippen molar-refractivity contribution in [3.05, 3.63) is 54.1 Å². The van der Waals surface area contributed by atoms with E-state index < -0.39 is 19.9 Å². The van der Waals surface area contributed by atoms with Crippen LogP contribution in [0.4, 0.5) is 5.69 Å². The fourth-order valence-electron chi connectivity index (χ4n) is 1.71. The third kappa shape index (κ3) is 3.83. The SMILES string of the molecule is Cc1ccc(NS(=O)(=O)c2cccc(S(C)(=O)=O)c2)cc1. The van der Waals surface area contributed by atoms with Gasteiger partial charge < -0.3 is 0 Å². The van der Waals surface area contributed by atoms with Crippen LogP contribution in [0.3, 0.4) is 0 Å². The highest BCUT2D eigenvalue weighted by Crippen LogP contribution is 2.19. The second kappa shape index (κ2) is 5.50. The van der Waals surface area contributed by atoms with Crippen LogP contribution in [-0.4, -0.2) is 23.1 Å². The minimum atomic E-state index is -3.82. The van der Waals surface area contributed by atoms with E-state index in [-0.39, 0.29) is 9.79 Å². The summed E-state index contributed by atoms with van der Waals surface area (Å²) in [7, 11) is -7.28. The molecule has 0 bridgehead atoms. The lowest BCUT2D eigenvalue weighted by atomic mass is 10.2. The third-order valence-electron chi connectivity index (χ3n) is 2.85. The first-order chi connectivity index (χ1) is 9.68. The number of rotatable bonds is 4. The van der Waals surface area contributed by atoms with E-state index in [1.165, 1.54) is 18.2 Å². The lowest BCUT2D eigenvalue weighted by Crippen LogP contribution is -2.13. The largest absolute Gasteiger partial charge is 0.280 e. The van der Waals surface area contributed by atoms with Gasteiger partial charge in [0.2, 0.25) is 0 Å². The van der Waals surface area contributed by atoms with Crippen LogP contribution in [0.1, 0.15) is 5.56 Å². The summed E-state index contributed by atoms with van der Waals surface area (Å²) in [5, 5.41) is 0. The maximum absolute atomic E-state index is 12.3. The van der Waals surface area contributed by atoms with Crippen LogP contribution in [0.5, 0.6) is 0 Å². The third-order valence-corrected chi connectivity index (χ3v) is 5.34. The zero-order valence-electron chi connectivity index (χ0n) is 11.6. The summed E-state index contributed by atoms with van der Waals surface area (Å²) in [5.74, 6) is 0. The fourth-order valence-corrected chi connectivity index (χ4v) is 3.55. The van der Waals surface area contributed by atoms with Crippen molar-refractivity contribution in [1.82, 2.24) is 0 Å². The number of nitrogens with one attached hydrogen (secondary N) is 1. The molecule has 0 unspecified atom stereocenters. The minimum absolute atomic E-state index is 0.0331. The Morgan fingerprint density at radius 2 is 1.43 bits per heavy atom. The highest BCUT2D eigenvalue weighted by molar-refractivity contribution is 7.93. The first-order valence-corrected chi connectivity index (χ1v) is 9.45. The Hall–Kier alpha value is -1.86. The van der Waals surface area contributed by atoms with Crippen molar-refractivity contribution in [2.24, 2.45) is 0 Å². The predicted octanol–water partition coefficient (Wildman–Crippen LogP) is 2.20. The van der Waals surface area contributed by atoms with Gasteiger partial charge in [-0.25, -0.2) is 16.8 Å². The highest BCUT2D eigenvalue weighted by Gasteiger charge is 2.17. The molecule has 5 nitrogen and oxygen atoms in total. The summed E-state index contributed by atoms with van der Waals surface area (Å²) < 4.78 is 49.9. The summed E-state index contributed by atoms with van der Waals surface area (Å²) >= 11 is 0. The van der Waals surface area contributed by atoms with Crippen molar-refractivity contribution >= 4 is 25.5 Å². The molecule has 1 N–H and O–H groups in total. The Kier molecular flexibility index (Phi) is 4.06. The van der Waals surface area contributed by atoms with E-state index in [9.17, 15) is 16.8 Å². The van der Waals surface area contributed by atoms with Gasteiger partial charge >= 0.3 is 0 Å².